The molecule has 0 bridgehead atoms. The lowest BCUT2D eigenvalue weighted by molar-refractivity contribution is -0.483. The van der Waals surface area contributed by atoms with Crippen molar-refractivity contribution < 1.29 is 14.5 Å². The van der Waals surface area contributed by atoms with Crippen molar-refractivity contribution in [1.82, 2.24) is 0 Å². The highest BCUT2D eigenvalue weighted by Crippen LogP contribution is 2.46. The minimum absolute atomic E-state index is 0.0395. The summed E-state index contributed by atoms with van der Waals surface area (Å²) in [6, 6.07) is 22.2. The van der Waals surface area contributed by atoms with E-state index in [4.69, 9.17) is 4.74 Å². The first-order valence-corrected chi connectivity index (χ1v) is 9.09. The highest BCUT2D eigenvalue weighted by atomic mass is 16.6. The molecule has 1 aliphatic carbocycles. The van der Waals surface area contributed by atoms with E-state index in [1.165, 1.54) is 0 Å². The first kappa shape index (κ1) is 17.9. The number of nitro groups is 1. The molecule has 0 heterocycles. The van der Waals surface area contributed by atoms with E-state index in [1.807, 2.05) is 60.7 Å². The van der Waals surface area contributed by atoms with Crippen LogP contribution in [0.4, 0.5) is 0 Å². The number of fused-ring (bicyclic) bond motifs is 2. The van der Waals surface area contributed by atoms with Crippen LogP contribution in [0.3, 0.4) is 0 Å². The SMILES string of the molecule is COc1ccccc1C(C[N+](=O)[O-])C1c2ccccc2C(=O)c2ccccc21. The molecule has 28 heavy (non-hydrogen) atoms. The molecule has 5 nitrogen and oxygen atoms in total. The van der Waals surface area contributed by atoms with Gasteiger partial charge in [0.05, 0.1) is 13.0 Å². The number of nitrogens with zero attached hydrogens (tertiary/aromatic N) is 1. The number of ketones is 1. The average Bonchev–Trinajstić information content (AvgIpc) is 2.73. The molecule has 1 aliphatic rings. The van der Waals surface area contributed by atoms with Crippen molar-refractivity contribution in [3.63, 3.8) is 0 Å². The van der Waals surface area contributed by atoms with Crippen LogP contribution in [0.2, 0.25) is 0 Å². The van der Waals surface area contributed by atoms with Gasteiger partial charge in [-0.05, 0) is 17.2 Å². The molecular weight excluding hydrogens is 354 g/mol. The number of rotatable bonds is 5. The smallest absolute Gasteiger partial charge is 0.211 e. The van der Waals surface area contributed by atoms with Crippen LogP contribution < -0.4 is 4.74 Å². The molecule has 0 aromatic heterocycles. The molecule has 0 spiro atoms. The van der Waals surface area contributed by atoms with Crippen LogP contribution in [0.5, 0.6) is 5.75 Å². The molecule has 3 aromatic rings. The fourth-order valence-electron chi connectivity index (χ4n) is 4.21. The van der Waals surface area contributed by atoms with Gasteiger partial charge >= 0.3 is 0 Å². The van der Waals surface area contributed by atoms with Crippen molar-refractivity contribution in [3.8, 4) is 5.75 Å². The van der Waals surface area contributed by atoms with Crippen molar-refractivity contribution in [2.45, 2.75) is 11.8 Å². The molecule has 0 radical (unpaired) electrons. The van der Waals surface area contributed by atoms with E-state index in [2.05, 4.69) is 0 Å². The molecule has 1 atom stereocenters. The second kappa shape index (κ2) is 7.27. The van der Waals surface area contributed by atoms with E-state index in [9.17, 15) is 14.9 Å². The summed E-state index contributed by atoms with van der Waals surface area (Å²) in [5.74, 6) is -0.211. The molecule has 0 saturated heterocycles. The number of carbonyl (C=O) groups is 1. The first-order chi connectivity index (χ1) is 13.6. The topological polar surface area (TPSA) is 69.4 Å². The third-order valence-electron chi connectivity index (χ3n) is 5.37. The van der Waals surface area contributed by atoms with Crippen LogP contribution in [0, 0.1) is 10.1 Å². The maximum absolute atomic E-state index is 13.0. The highest BCUT2D eigenvalue weighted by Gasteiger charge is 2.39. The lowest BCUT2D eigenvalue weighted by atomic mass is 9.69. The summed E-state index contributed by atoms with van der Waals surface area (Å²) >= 11 is 0. The zero-order valence-corrected chi connectivity index (χ0v) is 15.4. The van der Waals surface area contributed by atoms with Gasteiger partial charge in [0.25, 0.3) is 0 Å². The van der Waals surface area contributed by atoms with Crippen molar-refractivity contribution in [1.29, 1.82) is 0 Å². The Morgan fingerprint density at radius 2 is 1.46 bits per heavy atom. The standard InChI is InChI=1S/C23H19NO4/c1-28-21-13-7-6-8-15(21)20(14-24(26)27)22-16-9-2-4-11-18(16)23(25)19-12-5-3-10-17(19)22/h2-13,20,22H,14H2,1H3. The minimum Gasteiger partial charge on any atom is -0.496 e. The third-order valence-corrected chi connectivity index (χ3v) is 5.37. The molecule has 0 saturated carbocycles. The van der Waals surface area contributed by atoms with Gasteiger partial charge in [0.15, 0.2) is 5.78 Å². The molecule has 4 rings (SSSR count). The Labute approximate surface area is 162 Å². The van der Waals surface area contributed by atoms with Crippen LogP contribution >= 0.6 is 0 Å². The summed E-state index contributed by atoms with van der Waals surface area (Å²) < 4.78 is 5.51. The number of benzene rings is 3. The molecule has 3 aromatic carbocycles. The highest BCUT2D eigenvalue weighted by molar-refractivity contribution is 6.12. The van der Waals surface area contributed by atoms with Crippen LogP contribution in [0.25, 0.3) is 0 Å². The van der Waals surface area contributed by atoms with Crippen LogP contribution in [-0.2, 0) is 0 Å². The second-order valence-corrected chi connectivity index (χ2v) is 6.85. The van der Waals surface area contributed by atoms with Gasteiger partial charge in [-0.25, -0.2) is 0 Å². The van der Waals surface area contributed by atoms with Crippen molar-refractivity contribution >= 4 is 5.78 Å². The average molecular weight is 373 g/mol. The first-order valence-electron chi connectivity index (χ1n) is 9.09. The fourth-order valence-corrected chi connectivity index (χ4v) is 4.21. The number of para-hydroxylation sites is 1. The quantitative estimate of drug-likeness (QED) is 0.490. The molecule has 5 heteroatoms. The van der Waals surface area contributed by atoms with Gasteiger partial charge in [0.1, 0.15) is 5.75 Å². The lowest BCUT2D eigenvalue weighted by Crippen LogP contribution is -2.28. The maximum Gasteiger partial charge on any atom is 0.211 e. The summed E-state index contributed by atoms with van der Waals surface area (Å²) in [6.45, 7) is -0.262. The van der Waals surface area contributed by atoms with E-state index >= 15 is 0 Å². The minimum atomic E-state index is -0.471. The van der Waals surface area contributed by atoms with Gasteiger partial charge in [0, 0.05) is 27.5 Å². The summed E-state index contributed by atoms with van der Waals surface area (Å²) in [6.07, 6.45) is 0. The largest absolute Gasteiger partial charge is 0.496 e. The van der Waals surface area contributed by atoms with E-state index in [0.29, 0.717) is 16.9 Å². The van der Waals surface area contributed by atoms with Crippen molar-refractivity contribution in [2.75, 3.05) is 13.7 Å². The molecule has 0 amide bonds. The molecule has 0 N–H and O–H groups in total. The fraction of sp³-hybridized carbons (Fsp3) is 0.174. The van der Waals surface area contributed by atoms with Gasteiger partial charge in [0.2, 0.25) is 6.54 Å². The van der Waals surface area contributed by atoms with E-state index in [-0.39, 0.29) is 23.2 Å². The molecule has 140 valence electrons. The molecule has 0 aliphatic heterocycles. The molecule has 1 unspecified atom stereocenters. The summed E-state index contributed by atoms with van der Waals surface area (Å²) in [4.78, 5) is 24.3. The summed E-state index contributed by atoms with van der Waals surface area (Å²) in [5, 5.41) is 11.6. The predicted molar refractivity (Wildman–Crippen MR) is 106 cm³/mol. The van der Waals surface area contributed by atoms with E-state index in [1.54, 1.807) is 19.2 Å². The monoisotopic (exact) mass is 373 g/mol. The Morgan fingerprint density at radius 3 is 2.04 bits per heavy atom. The van der Waals surface area contributed by atoms with Crippen LogP contribution in [0.15, 0.2) is 72.8 Å². The van der Waals surface area contributed by atoms with Gasteiger partial charge in [-0.1, -0.05) is 66.7 Å². The zero-order chi connectivity index (χ0) is 19.7. The van der Waals surface area contributed by atoms with Crippen LogP contribution in [0.1, 0.15) is 44.4 Å². The molecular formula is C23H19NO4. The number of methoxy groups -OCH3 is 1. The van der Waals surface area contributed by atoms with Crippen molar-refractivity contribution in [3.05, 3.63) is 111 Å². The maximum atomic E-state index is 13.0. The van der Waals surface area contributed by atoms with Gasteiger partial charge < -0.3 is 4.74 Å². The van der Waals surface area contributed by atoms with Gasteiger partial charge in [-0.3, -0.25) is 14.9 Å². The Kier molecular flexibility index (Phi) is 4.65. The Balaban J connectivity index is 1.98. The number of carbonyl (C=O) groups excluding carboxylic acids is 1. The number of hydrogen-bond acceptors (Lipinski definition) is 4. The van der Waals surface area contributed by atoms with Gasteiger partial charge in [-0.2, -0.15) is 0 Å². The normalized spacial score (nSPS) is 14.1. The third kappa shape index (κ3) is 2.95. The Morgan fingerprint density at radius 1 is 0.929 bits per heavy atom. The summed E-state index contributed by atoms with van der Waals surface area (Å²) in [7, 11) is 1.56. The summed E-state index contributed by atoms with van der Waals surface area (Å²) in [5.41, 5.74) is 3.63. The van der Waals surface area contributed by atoms with E-state index in [0.717, 1.165) is 16.7 Å². The number of hydrogen-bond donors (Lipinski definition) is 0. The van der Waals surface area contributed by atoms with Crippen molar-refractivity contribution in [2.24, 2.45) is 0 Å². The Bertz CT molecular complexity index is 1010. The predicted octanol–water partition coefficient (Wildman–Crippen LogP) is 4.43. The lowest BCUT2D eigenvalue weighted by Gasteiger charge is -2.32. The Hall–Kier alpha value is -3.47. The number of ether oxygens (including phenoxy) is 1. The molecule has 0 fully saturated rings. The van der Waals surface area contributed by atoms with Crippen LogP contribution in [-0.4, -0.2) is 24.4 Å². The van der Waals surface area contributed by atoms with Gasteiger partial charge in [-0.15, -0.1) is 0 Å². The zero-order valence-electron chi connectivity index (χ0n) is 15.4. The van der Waals surface area contributed by atoms with E-state index < -0.39 is 5.92 Å². The second-order valence-electron chi connectivity index (χ2n) is 6.85.